The quantitative estimate of drug-likeness (QED) is 0.869. The molecular weight excluding hydrogens is 296 g/mol. The van der Waals surface area contributed by atoms with E-state index in [0.29, 0.717) is 19.6 Å². The smallest absolute Gasteiger partial charge is 0.299 e. The van der Waals surface area contributed by atoms with Gasteiger partial charge < -0.3 is 0 Å². The lowest BCUT2D eigenvalue weighted by atomic mass is 10.3. The van der Waals surface area contributed by atoms with Crippen LogP contribution in [0.5, 0.6) is 0 Å². The van der Waals surface area contributed by atoms with Gasteiger partial charge in [0.25, 0.3) is 0 Å². The Bertz CT molecular complexity index is 799. The van der Waals surface area contributed by atoms with E-state index in [1.807, 2.05) is 6.92 Å². The van der Waals surface area contributed by atoms with Gasteiger partial charge in [-0.3, -0.25) is 9.36 Å². The second kappa shape index (κ2) is 4.98. The number of sulfonamides is 1. The summed E-state index contributed by atoms with van der Waals surface area (Å²) in [5.74, 6) is 0. The molecule has 1 fully saturated rings. The van der Waals surface area contributed by atoms with E-state index in [-0.39, 0.29) is 9.77 Å². The fourth-order valence-electron chi connectivity index (χ4n) is 2.58. The van der Waals surface area contributed by atoms with E-state index in [4.69, 9.17) is 0 Å². The van der Waals surface area contributed by atoms with E-state index in [2.05, 4.69) is 0 Å². The average Bonchev–Trinajstić information content (AvgIpc) is 3.04. The number of thiazole rings is 1. The SMILES string of the molecule is CCn1c(=O)sc2cc(S(=O)(=O)N3CCCC3)ccc21. The molecule has 108 valence electrons. The Morgan fingerprint density at radius 3 is 2.60 bits per heavy atom. The van der Waals surface area contributed by atoms with Crippen molar-refractivity contribution in [2.24, 2.45) is 0 Å². The number of hydrogen-bond acceptors (Lipinski definition) is 4. The maximum absolute atomic E-state index is 12.5. The molecule has 0 bridgehead atoms. The molecule has 0 unspecified atom stereocenters. The van der Waals surface area contributed by atoms with Crippen molar-refractivity contribution in [2.75, 3.05) is 13.1 Å². The van der Waals surface area contributed by atoms with Crippen molar-refractivity contribution in [2.45, 2.75) is 31.2 Å². The monoisotopic (exact) mass is 312 g/mol. The summed E-state index contributed by atoms with van der Waals surface area (Å²) in [6.45, 7) is 3.68. The van der Waals surface area contributed by atoms with Gasteiger partial charge in [-0.15, -0.1) is 0 Å². The third-order valence-electron chi connectivity index (χ3n) is 3.66. The Kier molecular flexibility index (Phi) is 3.43. The molecule has 0 amide bonds. The first-order chi connectivity index (χ1) is 9.54. The van der Waals surface area contributed by atoms with Gasteiger partial charge >= 0.3 is 4.87 Å². The van der Waals surface area contributed by atoms with Gasteiger partial charge in [0, 0.05) is 19.6 Å². The van der Waals surface area contributed by atoms with Crippen LogP contribution in [0.25, 0.3) is 10.2 Å². The van der Waals surface area contributed by atoms with Crippen LogP contribution in [-0.2, 0) is 16.6 Å². The summed E-state index contributed by atoms with van der Waals surface area (Å²) in [6, 6.07) is 4.97. The lowest BCUT2D eigenvalue weighted by Crippen LogP contribution is -2.27. The minimum absolute atomic E-state index is 0.0433. The second-order valence-corrected chi connectivity index (χ2v) is 7.78. The molecule has 1 aliphatic rings. The molecule has 0 atom stereocenters. The van der Waals surface area contributed by atoms with E-state index in [9.17, 15) is 13.2 Å². The molecule has 1 aliphatic heterocycles. The molecule has 0 aliphatic carbocycles. The molecule has 20 heavy (non-hydrogen) atoms. The van der Waals surface area contributed by atoms with Gasteiger partial charge in [-0.1, -0.05) is 11.3 Å². The Morgan fingerprint density at radius 2 is 1.95 bits per heavy atom. The molecule has 3 rings (SSSR count). The van der Waals surface area contributed by atoms with Crippen LogP contribution >= 0.6 is 11.3 Å². The zero-order valence-corrected chi connectivity index (χ0v) is 12.8. The molecule has 7 heteroatoms. The Labute approximate surface area is 121 Å². The highest BCUT2D eigenvalue weighted by Gasteiger charge is 2.27. The highest BCUT2D eigenvalue weighted by atomic mass is 32.2. The summed E-state index contributed by atoms with van der Waals surface area (Å²) in [5.41, 5.74) is 0.808. The van der Waals surface area contributed by atoms with Crippen LogP contribution in [0.15, 0.2) is 27.9 Å². The molecule has 0 radical (unpaired) electrons. The van der Waals surface area contributed by atoms with Crippen LogP contribution in [0.3, 0.4) is 0 Å². The maximum Gasteiger partial charge on any atom is 0.308 e. The van der Waals surface area contributed by atoms with Gasteiger partial charge in [0.2, 0.25) is 10.0 Å². The van der Waals surface area contributed by atoms with E-state index >= 15 is 0 Å². The summed E-state index contributed by atoms with van der Waals surface area (Å²) < 4.78 is 28.9. The molecule has 1 aromatic carbocycles. The Hall–Kier alpha value is -1.18. The molecule has 1 aromatic heterocycles. The molecule has 2 heterocycles. The van der Waals surface area contributed by atoms with Crippen LogP contribution in [0.2, 0.25) is 0 Å². The molecule has 0 N–H and O–H groups in total. The molecule has 5 nitrogen and oxygen atoms in total. The number of aryl methyl sites for hydroxylation is 1. The number of benzene rings is 1. The Morgan fingerprint density at radius 1 is 1.25 bits per heavy atom. The highest BCUT2D eigenvalue weighted by molar-refractivity contribution is 7.89. The molecular formula is C13H16N2O3S2. The third-order valence-corrected chi connectivity index (χ3v) is 6.50. The first kappa shape index (κ1) is 13.8. The van der Waals surface area contributed by atoms with Gasteiger partial charge in [-0.25, -0.2) is 8.42 Å². The lowest BCUT2D eigenvalue weighted by molar-refractivity contribution is 0.477. The predicted molar refractivity (Wildman–Crippen MR) is 79.8 cm³/mol. The van der Waals surface area contributed by atoms with E-state index in [1.54, 1.807) is 22.8 Å². The normalized spacial score (nSPS) is 17.1. The second-order valence-electron chi connectivity index (χ2n) is 4.85. The Balaban J connectivity index is 2.12. The maximum atomic E-state index is 12.5. The minimum atomic E-state index is -3.41. The fraction of sp³-hybridized carbons (Fsp3) is 0.462. The fourth-order valence-corrected chi connectivity index (χ4v) is 5.20. The van der Waals surface area contributed by atoms with Crippen LogP contribution in [-0.4, -0.2) is 30.4 Å². The molecule has 0 saturated carbocycles. The van der Waals surface area contributed by atoms with Gasteiger partial charge in [-0.2, -0.15) is 4.31 Å². The summed E-state index contributed by atoms with van der Waals surface area (Å²) in [7, 11) is -3.41. The van der Waals surface area contributed by atoms with Crippen molar-refractivity contribution in [1.82, 2.24) is 8.87 Å². The van der Waals surface area contributed by atoms with Gasteiger partial charge in [0.1, 0.15) is 0 Å². The lowest BCUT2D eigenvalue weighted by Gasteiger charge is -2.15. The average molecular weight is 312 g/mol. The summed E-state index contributed by atoms with van der Waals surface area (Å²) in [5, 5.41) is 0. The van der Waals surface area contributed by atoms with Crippen molar-refractivity contribution in [1.29, 1.82) is 0 Å². The molecule has 2 aromatic rings. The van der Waals surface area contributed by atoms with Gasteiger partial charge in [0.15, 0.2) is 0 Å². The van der Waals surface area contributed by atoms with E-state index in [0.717, 1.165) is 34.4 Å². The van der Waals surface area contributed by atoms with Gasteiger partial charge in [0.05, 0.1) is 15.1 Å². The van der Waals surface area contributed by atoms with Crippen molar-refractivity contribution in [3.05, 3.63) is 27.9 Å². The molecule has 0 spiro atoms. The summed E-state index contributed by atoms with van der Waals surface area (Å²) in [4.78, 5) is 12.1. The van der Waals surface area contributed by atoms with Crippen LogP contribution in [0, 0.1) is 0 Å². The van der Waals surface area contributed by atoms with Crippen molar-refractivity contribution in [3.8, 4) is 0 Å². The number of fused-ring (bicyclic) bond motifs is 1. The predicted octanol–water partition coefficient (Wildman–Crippen LogP) is 1.87. The van der Waals surface area contributed by atoms with Gasteiger partial charge in [-0.05, 0) is 38.0 Å². The van der Waals surface area contributed by atoms with Crippen molar-refractivity contribution < 1.29 is 8.42 Å². The zero-order chi connectivity index (χ0) is 14.3. The van der Waals surface area contributed by atoms with E-state index in [1.165, 1.54) is 4.31 Å². The van der Waals surface area contributed by atoms with Crippen LogP contribution < -0.4 is 4.87 Å². The standard InChI is InChI=1S/C13H16N2O3S2/c1-2-15-11-6-5-10(9-12(11)19-13(15)16)20(17,18)14-7-3-4-8-14/h5-6,9H,2-4,7-8H2,1H3. The first-order valence-electron chi connectivity index (χ1n) is 6.67. The number of rotatable bonds is 3. The number of nitrogens with zero attached hydrogens (tertiary/aromatic N) is 2. The number of hydrogen-bond donors (Lipinski definition) is 0. The van der Waals surface area contributed by atoms with Crippen LogP contribution in [0.1, 0.15) is 19.8 Å². The number of aromatic nitrogens is 1. The zero-order valence-electron chi connectivity index (χ0n) is 11.2. The third kappa shape index (κ3) is 2.10. The van der Waals surface area contributed by atoms with Crippen molar-refractivity contribution >= 4 is 31.6 Å². The van der Waals surface area contributed by atoms with E-state index < -0.39 is 10.0 Å². The largest absolute Gasteiger partial charge is 0.308 e. The van der Waals surface area contributed by atoms with Crippen LogP contribution in [0.4, 0.5) is 0 Å². The summed E-state index contributed by atoms with van der Waals surface area (Å²) in [6.07, 6.45) is 1.84. The van der Waals surface area contributed by atoms with Crippen molar-refractivity contribution in [3.63, 3.8) is 0 Å². The topological polar surface area (TPSA) is 59.4 Å². The highest BCUT2D eigenvalue weighted by Crippen LogP contribution is 2.25. The molecule has 1 saturated heterocycles. The minimum Gasteiger partial charge on any atom is -0.299 e. The first-order valence-corrected chi connectivity index (χ1v) is 8.93. The summed E-state index contributed by atoms with van der Waals surface area (Å²) >= 11 is 1.10.